The van der Waals surface area contributed by atoms with Gasteiger partial charge in [0.1, 0.15) is 5.75 Å². The molecule has 1 aliphatic carbocycles. The molecule has 0 bridgehead atoms. The van der Waals surface area contributed by atoms with Crippen LogP contribution in [0.3, 0.4) is 0 Å². The summed E-state index contributed by atoms with van der Waals surface area (Å²) < 4.78 is 30.6. The summed E-state index contributed by atoms with van der Waals surface area (Å²) in [5.74, 6) is -0.293. The van der Waals surface area contributed by atoms with Gasteiger partial charge in [0.2, 0.25) is 0 Å². The number of azide groups is 1. The summed E-state index contributed by atoms with van der Waals surface area (Å²) in [6.45, 7) is 4.19. The van der Waals surface area contributed by atoms with Gasteiger partial charge in [0.15, 0.2) is 0 Å². The summed E-state index contributed by atoms with van der Waals surface area (Å²) in [6.07, 6.45) is 1.67. The molecule has 0 radical (unpaired) electrons. The molecule has 2 aromatic carbocycles. The summed E-state index contributed by atoms with van der Waals surface area (Å²) in [5, 5.41) is 6.81. The monoisotopic (exact) mass is 539 g/mol. The number of ether oxygens (including phenoxy) is 1. The molecule has 7 nitrogen and oxygen atoms in total. The van der Waals surface area contributed by atoms with E-state index in [1.54, 1.807) is 6.07 Å². The average Bonchev–Trinajstić information content (AvgIpc) is 3.27. The molecule has 3 unspecified atom stereocenters. The Kier molecular flexibility index (Phi) is 6.44. The van der Waals surface area contributed by atoms with Crippen LogP contribution in [0.1, 0.15) is 48.5 Å². The molecule has 1 saturated carbocycles. The SMILES string of the molecule is CC(C)N1c2c(Br)cc(C(=O)Nc3ccc(OC(F)(F)Cl)cc3)cc2C2CCC(N=[N+]=[N-])C21. The van der Waals surface area contributed by atoms with Crippen molar-refractivity contribution in [3.8, 4) is 5.75 Å². The number of nitrogens with zero attached hydrogens (tertiary/aromatic N) is 4. The molecule has 11 heteroatoms. The standard InChI is InChI=1S/C22H21BrClF2N5O2/c1-11(2)31-19-16(15-7-8-18(20(15)31)29-30-27)9-12(10-17(19)23)21(32)28-13-3-5-14(6-4-13)33-22(24,25)26/h3-6,9-11,15,18,20H,7-8H2,1-2H3,(H,28,32). The summed E-state index contributed by atoms with van der Waals surface area (Å²) in [5.41, 5.74) is 8.16. The molecule has 1 aliphatic heterocycles. The number of hydrogen-bond donors (Lipinski definition) is 1. The smallest absolute Gasteiger partial charge is 0.420 e. The highest BCUT2D eigenvalue weighted by Gasteiger charge is 2.48. The molecule has 1 fully saturated rings. The maximum Gasteiger partial charge on any atom is 0.487 e. The Balaban J connectivity index is 1.60. The van der Waals surface area contributed by atoms with E-state index in [9.17, 15) is 13.6 Å². The van der Waals surface area contributed by atoms with Crippen LogP contribution < -0.4 is 15.0 Å². The molecular formula is C22H21BrClF2N5O2. The quantitative estimate of drug-likeness (QED) is 0.185. The van der Waals surface area contributed by atoms with Crippen LogP contribution in [0.4, 0.5) is 20.2 Å². The van der Waals surface area contributed by atoms with Gasteiger partial charge in [-0.2, -0.15) is 0 Å². The van der Waals surface area contributed by atoms with Crippen LogP contribution in [0.15, 0.2) is 46.0 Å². The first-order valence-corrected chi connectivity index (χ1v) is 11.6. The van der Waals surface area contributed by atoms with Gasteiger partial charge in [-0.3, -0.25) is 4.79 Å². The summed E-state index contributed by atoms with van der Waals surface area (Å²) in [4.78, 5) is 18.3. The molecule has 174 valence electrons. The number of alkyl halides is 3. The van der Waals surface area contributed by atoms with Crippen LogP contribution in [0.5, 0.6) is 5.75 Å². The molecule has 2 aromatic rings. The molecule has 4 rings (SSSR count). The van der Waals surface area contributed by atoms with Crippen molar-refractivity contribution >= 4 is 44.8 Å². The van der Waals surface area contributed by atoms with Crippen molar-refractivity contribution < 1.29 is 18.3 Å². The number of carbonyl (C=O) groups is 1. The Morgan fingerprint density at radius 2 is 2.03 bits per heavy atom. The number of amides is 1. The largest absolute Gasteiger partial charge is 0.487 e. The molecule has 0 aromatic heterocycles. The number of hydrogen-bond acceptors (Lipinski definition) is 4. The zero-order valence-electron chi connectivity index (χ0n) is 17.8. The molecule has 2 aliphatic rings. The second kappa shape index (κ2) is 9.00. The first kappa shape index (κ1) is 23.6. The van der Waals surface area contributed by atoms with Gasteiger partial charge < -0.3 is 15.0 Å². The highest BCUT2D eigenvalue weighted by Crippen LogP contribution is 2.53. The second-order valence-electron chi connectivity index (χ2n) is 8.37. The molecule has 33 heavy (non-hydrogen) atoms. The fraction of sp³-hybridized carbons (Fsp3) is 0.409. The van der Waals surface area contributed by atoms with Crippen molar-refractivity contribution in [1.82, 2.24) is 0 Å². The molecule has 0 spiro atoms. The first-order chi connectivity index (χ1) is 15.6. The molecule has 3 atom stereocenters. The van der Waals surface area contributed by atoms with Crippen LogP contribution in [0, 0.1) is 0 Å². The number of benzene rings is 2. The summed E-state index contributed by atoms with van der Waals surface area (Å²) >= 11 is 8.41. The molecule has 1 amide bonds. The number of halogens is 4. The lowest BCUT2D eigenvalue weighted by atomic mass is 9.95. The van der Waals surface area contributed by atoms with Crippen molar-refractivity contribution in [2.75, 3.05) is 10.2 Å². The average molecular weight is 541 g/mol. The van der Waals surface area contributed by atoms with Crippen LogP contribution in [0.2, 0.25) is 0 Å². The predicted octanol–water partition coefficient (Wildman–Crippen LogP) is 7.02. The van der Waals surface area contributed by atoms with Crippen LogP contribution in [-0.2, 0) is 0 Å². The van der Waals surface area contributed by atoms with Crippen LogP contribution in [0.25, 0.3) is 10.4 Å². The minimum Gasteiger partial charge on any atom is -0.420 e. The first-order valence-electron chi connectivity index (χ1n) is 10.4. The van der Waals surface area contributed by atoms with Gasteiger partial charge in [0.05, 0.1) is 11.7 Å². The topological polar surface area (TPSA) is 90.3 Å². The van der Waals surface area contributed by atoms with Crippen molar-refractivity contribution in [3.05, 3.63) is 62.4 Å². The fourth-order valence-electron chi connectivity index (χ4n) is 4.87. The second-order valence-corrected chi connectivity index (χ2v) is 9.66. The highest BCUT2D eigenvalue weighted by molar-refractivity contribution is 9.10. The summed E-state index contributed by atoms with van der Waals surface area (Å²) in [7, 11) is 0. The zero-order valence-corrected chi connectivity index (χ0v) is 20.1. The number of rotatable bonds is 6. The lowest BCUT2D eigenvalue weighted by Gasteiger charge is -2.34. The van der Waals surface area contributed by atoms with E-state index in [2.05, 4.69) is 54.8 Å². The van der Waals surface area contributed by atoms with Gasteiger partial charge in [-0.25, -0.2) is 0 Å². The van der Waals surface area contributed by atoms with Crippen molar-refractivity contribution in [1.29, 1.82) is 0 Å². The highest BCUT2D eigenvalue weighted by atomic mass is 79.9. The van der Waals surface area contributed by atoms with E-state index in [1.165, 1.54) is 24.3 Å². The normalized spacial score (nSPS) is 21.4. The third-order valence-electron chi connectivity index (χ3n) is 6.02. The number of nitrogens with one attached hydrogen (secondary N) is 1. The Bertz CT molecular complexity index is 1120. The van der Waals surface area contributed by atoms with Gasteiger partial charge in [-0.15, -0.1) is 8.78 Å². The summed E-state index contributed by atoms with van der Waals surface area (Å²) in [6, 6.07) is 9.27. The van der Waals surface area contributed by atoms with E-state index in [0.717, 1.165) is 28.6 Å². The van der Waals surface area contributed by atoms with E-state index in [1.807, 2.05) is 6.07 Å². The Hall–Kier alpha value is -2.55. The maximum absolute atomic E-state index is 13.0. The number of carbonyl (C=O) groups excluding carboxylic acids is 1. The van der Waals surface area contributed by atoms with E-state index in [-0.39, 0.29) is 35.7 Å². The third kappa shape index (κ3) is 4.74. The van der Waals surface area contributed by atoms with Gasteiger partial charge in [0.25, 0.3) is 5.91 Å². The van der Waals surface area contributed by atoms with E-state index in [4.69, 9.17) is 17.1 Å². The van der Waals surface area contributed by atoms with Gasteiger partial charge in [-0.1, -0.05) is 5.11 Å². The fourth-order valence-corrected chi connectivity index (χ4v) is 5.64. The molecule has 1 N–H and O–H groups in total. The molecular weight excluding hydrogens is 520 g/mol. The van der Waals surface area contributed by atoms with Crippen molar-refractivity contribution in [2.45, 2.75) is 56.3 Å². The zero-order chi connectivity index (χ0) is 23.9. The Labute approximate surface area is 202 Å². The van der Waals surface area contributed by atoms with Crippen molar-refractivity contribution in [2.24, 2.45) is 5.11 Å². The van der Waals surface area contributed by atoms with Crippen molar-refractivity contribution in [3.63, 3.8) is 0 Å². The van der Waals surface area contributed by atoms with E-state index >= 15 is 0 Å². The lowest BCUT2D eigenvalue weighted by molar-refractivity contribution is -0.0964. The number of anilines is 2. The minimum atomic E-state index is -3.80. The van der Waals surface area contributed by atoms with E-state index in [0.29, 0.717) is 11.3 Å². The Morgan fingerprint density at radius 3 is 2.64 bits per heavy atom. The minimum absolute atomic E-state index is 0.0538. The molecule has 1 heterocycles. The predicted molar refractivity (Wildman–Crippen MR) is 126 cm³/mol. The van der Waals surface area contributed by atoms with Gasteiger partial charge in [0, 0.05) is 50.2 Å². The van der Waals surface area contributed by atoms with Gasteiger partial charge in [-0.05, 0) is 90.1 Å². The lowest BCUT2D eigenvalue weighted by Crippen LogP contribution is -2.43. The van der Waals surface area contributed by atoms with Crippen LogP contribution >= 0.6 is 27.5 Å². The maximum atomic E-state index is 13.0. The molecule has 0 saturated heterocycles. The van der Waals surface area contributed by atoms with E-state index < -0.39 is 5.57 Å². The number of fused-ring (bicyclic) bond motifs is 3. The third-order valence-corrected chi connectivity index (χ3v) is 6.70. The van der Waals surface area contributed by atoms with Gasteiger partial charge >= 0.3 is 5.57 Å². The van der Waals surface area contributed by atoms with Crippen LogP contribution in [-0.4, -0.2) is 29.6 Å². The Morgan fingerprint density at radius 1 is 1.33 bits per heavy atom.